The summed E-state index contributed by atoms with van der Waals surface area (Å²) >= 11 is 7.89. The molecular formula is C18H23ClN4S. The maximum Gasteiger partial charge on any atom is 0.131 e. The van der Waals surface area contributed by atoms with Crippen molar-refractivity contribution in [2.45, 2.75) is 49.7 Å². The van der Waals surface area contributed by atoms with Crippen molar-refractivity contribution in [3.05, 3.63) is 34.9 Å². The second-order valence-corrected chi connectivity index (χ2v) is 7.93. The zero-order valence-corrected chi connectivity index (χ0v) is 15.6. The molecule has 1 saturated heterocycles. The Hall–Kier alpha value is -1.22. The highest BCUT2D eigenvalue weighted by Crippen LogP contribution is 2.48. The van der Waals surface area contributed by atoms with Crippen LogP contribution in [0.15, 0.2) is 29.4 Å². The Bertz CT molecular complexity index is 641. The largest absolute Gasteiger partial charge is 0.292 e. The molecule has 2 aliphatic rings. The van der Waals surface area contributed by atoms with E-state index in [1.807, 2.05) is 12.1 Å². The Labute approximate surface area is 153 Å². The summed E-state index contributed by atoms with van der Waals surface area (Å²) in [5.41, 5.74) is 1.20. The number of nitriles is 1. The van der Waals surface area contributed by atoms with Crippen molar-refractivity contribution < 1.29 is 0 Å². The zero-order chi connectivity index (χ0) is 17.2. The van der Waals surface area contributed by atoms with Gasteiger partial charge in [-0.15, -0.1) is 11.8 Å². The van der Waals surface area contributed by atoms with Gasteiger partial charge < -0.3 is 0 Å². The number of benzene rings is 1. The molecule has 4 nitrogen and oxygen atoms in total. The molecule has 128 valence electrons. The number of rotatable bonds is 5. The van der Waals surface area contributed by atoms with E-state index in [1.165, 1.54) is 18.4 Å². The molecule has 2 heterocycles. The normalized spacial score (nSPS) is 31.8. The van der Waals surface area contributed by atoms with Gasteiger partial charge in [0.1, 0.15) is 17.0 Å². The maximum absolute atomic E-state index is 9.48. The molecule has 0 radical (unpaired) electrons. The summed E-state index contributed by atoms with van der Waals surface area (Å²) in [6, 6.07) is 10.8. The Morgan fingerprint density at radius 1 is 1.46 bits per heavy atom. The molecule has 6 heteroatoms. The zero-order valence-electron chi connectivity index (χ0n) is 14.1. The van der Waals surface area contributed by atoms with Crippen molar-refractivity contribution in [1.29, 1.82) is 5.26 Å². The van der Waals surface area contributed by atoms with Crippen molar-refractivity contribution in [1.82, 2.24) is 10.3 Å². The van der Waals surface area contributed by atoms with Crippen LogP contribution < -0.4 is 5.32 Å². The first-order valence-corrected chi connectivity index (χ1v) is 10.0. The molecular weight excluding hydrogens is 340 g/mol. The summed E-state index contributed by atoms with van der Waals surface area (Å²) in [7, 11) is 0. The molecule has 2 aliphatic heterocycles. The Morgan fingerprint density at radius 2 is 2.21 bits per heavy atom. The van der Waals surface area contributed by atoms with Gasteiger partial charge >= 0.3 is 0 Å². The van der Waals surface area contributed by atoms with Gasteiger partial charge in [0.15, 0.2) is 0 Å². The second-order valence-electron chi connectivity index (χ2n) is 6.41. The summed E-state index contributed by atoms with van der Waals surface area (Å²) < 4.78 is 0. The molecule has 1 N–H and O–H groups in total. The molecule has 3 rings (SSSR count). The number of unbranched alkanes of at least 4 members (excludes halogenated alkanes) is 1. The number of hydrogen-bond donors (Lipinski definition) is 1. The molecule has 24 heavy (non-hydrogen) atoms. The van der Waals surface area contributed by atoms with E-state index < -0.39 is 0 Å². The first kappa shape index (κ1) is 17.6. The fraction of sp³-hybridized carbons (Fsp3) is 0.556. The van der Waals surface area contributed by atoms with Crippen molar-refractivity contribution in [2.24, 2.45) is 11.0 Å². The van der Waals surface area contributed by atoms with Gasteiger partial charge in [0.2, 0.25) is 0 Å². The molecule has 0 saturated carbocycles. The average Bonchev–Trinajstić information content (AvgIpc) is 3.03. The number of hydrazone groups is 1. The summed E-state index contributed by atoms with van der Waals surface area (Å²) in [5, 5.41) is 20.6. The van der Waals surface area contributed by atoms with Crippen LogP contribution in [0.4, 0.5) is 0 Å². The highest BCUT2D eigenvalue weighted by molar-refractivity contribution is 7.99. The van der Waals surface area contributed by atoms with Crippen molar-refractivity contribution in [3.8, 4) is 6.07 Å². The van der Waals surface area contributed by atoms with E-state index >= 15 is 0 Å². The number of hydrogen-bond acceptors (Lipinski definition) is 5. The van der Waals surface area contributed by atoms with E-state index in [2.05, 4.69) is 46.8 Å². The number of thioether (sulfide) groups is 1. The lowest BCUT2D eigenvalue weighted by molar-refractivity contribution is 0.0300. The number of fused-ring (bicyclic) bond motifs is 1. The van der Waals surface area contributed by atoms with E-state index in [0.29, 0.717) is 6.04 Å². The number of nitrogens with zero attached hydrogens (tertiary/aromatic N) is 3. The molecule has 1 aromatic carbocycles. The summed E-state index contributed by atoms with van der Waals surface area (Å²) in [5.74, 6) is -0.215. The van der Waals surface area contributed by atoms with E-state index in [4.69, 9.17) is 11.6 Å². The van der Waals surface area contributed by atoms with Crippen LogP contribution in [0.5, 0.6) is 0 Å². The Morgan fingerprint density at radius 3 is 2.83 bits per heavy atom. The molecule has 4 unspecified atom stereocenters. The summed E-state index contributed by atoms with van der Waals surface area (Å²) in [6.07, 6.45) is 8.29. The van der Waals surface area contributed by atoms with Crippen LogP contribution in [0.1, 0.15) is 38.2 Å². The van der Waals surface area contributed by atoms with Gasteiger partial charge in [0.05, 0.1) is 6.07 Å². The maximum atomic E-state index is 9.48. The molecule has 0 aliphatic carbocycles. The van der Waals surface area contributed by atoms with Gasteiger partial charge in [-0.1, -0.05) is 43.5 Å². The van der Waals surface area contributed by atoms with Gasteiger partial charge in [-0.25, -0.2) is 0 Å². The smallest absolute Gasteiger partial charge is 0.131 e. The fourth-order valence-electron chi connectivity index (χ4n) is 3.66. The monoisotopic (exact) mass is 362 g/mol. The van der Waals surface area contributed by atoms with Crippen molar-refractivity contribution in [3.63, 3.8) is 0 Å². The predicted molar refractivity (Wildman–Crippen MR) is 101 cm³/mol. The van der Waals surface area contributed by atoms with Crippen LogP contribution in [0.2, 0.25) is 5.02 Å². The van der Waals surface area contributed by atoms with Gasteiger partial charge in [-0.05, 0) is 30.4 Å². The van der Waals surface area contributed by atoms with E-state index in [-0.39, 0.29) is 17.0 Å². The molecule has 1 aromatic rings. The van der Waals surface area contributed by atoms with Crippen LogP contribution >= 0.6 is 23.4 Å². The molecule has 0 spiro atoms. The summed E-state index contributed by atoms with van der Waals surface area (Å²) in [4.78, 5) is -0.263. The molecule has 4 atom stereocenters. The highest BCUT2D eigenvalue weighted by Gasteiger charge is 2.51. The number of nitrogens with one attached hydrogen (secondary N) is 1. The van der Waals surface area contributed by atoms with E-state index in [0.717, 1.165) is 17.9 Å². The number of halogens is 1. The lowest BCUT2D eigenvalue weighted by atomic mass is 9.90. The quantitative estimate of drug-likeness (QED) is 0.853. The van der Waals surface area contributed by atoms with Crippen LogP contribution in [0.3, 0.4) is 0 Å². The third-order valence-corrected chi connectivity index (χ3v) is 6.46. The topological polar surface area (TPSA) is 51.4 Å². The van der Waals surface area contributed by atoms with Crippen LogP contribution in [-0.4, -0.2) is 29.7 Å². The van der Waals surface area contributed by atoms with Gasteiger partial charge in [0, 0.05) is 23.7 Å². The van der Waals surface area contributed by atoms with Gasteiger partial charge in [0.25, 0.3) is 0 Å². The van der Waals surface area contributed by atoms with Crippen LogP contribution in [-0.2, 0) is 4.87 Å². The van der Waals surface area contributed by atoms with Gasteiger partial charge in [-0.3, -0.25) is 10.3 Å². The standard InChI is InChI=1S/C18H23ClN4S/c1-3-4-5-16-10-18(24-2,14-6-8-15(19)9-7-14)23-17(22-16)13(11-20)12-21-23/h6-9,12-13,16-17,22H,3-5,10H2,1-2H3. The Kier molecular flexibility index (Phi) is 5.39. The third kappa shape index (κ3) is 3.03. The SMILES string of the molecule is CCCCC1CC(SC)(c2ccc(Cl)cc2)N2N=CC(C#N)C2N1. The molecule has 0 bridgehead atoms. The second kappa shape index (κ2) is 7.35. The third-order valence-electron chi connectivity index (χ3n) is 4.94. The van der Waals surface area contributed by atoms with E-state index in [1.54, 1.807) is 18.0 Å². The minimum atomic E-state index is -0.263. The minimum absolute atomic E-state index is 0.0614. The van der Waals surface area contributed by atoms with E-state index in [9.17, 15) is 5.26 Å². The first-order valence-electron chi connectivity index (χ1n) is 8.45. The summed E-state index contributed by atoms with van der Waals surface area (Å²) in [6.45, 7) is 2.22. The highest BCUT2D eigenvalue weighted by atomic mass is 35.5. The first-order chi connectivity index (χ1) is 11.6. The molecule has 0 aromatic heterocycles. The lowest BCUT2D eigenvalue weighted by Crippen LogP contribution is -2.62. The van der Waals surface area contributed by atoms with Gasteiger partial charge in [-0.2, -0.15) is 10.4 Å². The predicted octanol–water partition coefficient (Wildman–Crippen LogP) is 4.18. The van der Waals surface area contributed by atoms with Crippen molar-refractivity contribution >= 4 is 29.6 Å². The minimum Gasteiger partial charge on any atom is -0.292 e. The molecule has 1 fully saturated rings. The van der Waals surface area contributed by atoms with Crippen LogP contribution in [0.25, 0.3) is 0 Å². The lowest BCUT2D eigenvalue weighted by Gasteiger charge is -2.50. The van der Waals surface area contributed by atoms with Crippen LogP contribution in [0, 0.1) is 17.2 Å². The fourth-order valence-corrected chi connectivity index (χ4v) is 4.88. The Balaban J connectivity index is 1.99. The van der Waals surface area contributed by atoms with Crippen molar-refractivity contribution in [2.75, 3.05) is 6.26 Å². The average molecular weight is 363 g/mol. The molecule has 0 amide bonds.